The van der Waals surface area contributed by atoms with Gasteiger partial charge in [-0.15, -0.1) is 0 Å². The van der Waals surface area contributed by atoms with E-state index in [9.17, 15) is 0 Å². The third kappa shape index (κ3) is 1.88. The zero-order chi connectivity index (χ0) is 9.10. The highest BCUT2D eigenvalue weighted by molar-refractivity contribution is 4.80. The molecule has 4 nitrogen and oxygen atoms in total. The molecule has 1 N–H and O–H groups in total. The molecule has 13 heavy (non-hydrogen) atoms. The molecule has 1 aliphatic rings. The van der Waals surface area contributed by atoms with E-state index < -0.39 is 0 Å². The minimum absolute atomic E-state index is 0.550. The van der Waals surface area contributed by atoms with Crippen molar-refractivity contribution in [2.75, 3.05) is 7.05 Å². The molecule has 1 saturated carbocycles. The van der Waals surface area contributed by atoms with E-state index >= 15 is 0 Å². The van der Waals surface area contributed by atoms with E-state index in [4.69, 9.17) is 0 Å². The highest BCUT2D eigenvalue weighted by Crippen LogP contribution is 2.27. The van der Waals surface area contributed by atoms with Crippen molar-refractivity contribution in [1.29, 1.82) is 0 Å². The highest BCUT2D eigenvalue weighted by Gasteiger charge is 2.22. The monoisotopic (exact) mass is 180 g/mol. The van der Waals surface area contributed by atoms with Crippen LogP contribution in [0, 0.1) is 0 Å². The van der Waals surface area contributed by atoms with E-state index in [2.05, 4.69) is 15.4 Å². The van der Waals surface area contributed by atoms with Gasteiger partial charge in [-0.1, -0.05) is 0 Å². The molecule has 2 atom stereocenters. The van der Waals surface area contributed by atoms with Crippen LogP contribution >= 0.6 is 0 Å². The van der Waals surface area contributed by atoms with Crippen molar-refractivity contribution in [3.05, 3.63) is 12.7 Å². The molecule has 72 valence electrons. The summed E-state index contributed by atoms with van der Waals surface area (Å²) in [6.45, 7) is 0. The second kappa shape index (κ2) is 3.87. The number of hydrogen-bond donors (Lipinski definition) is 1. The Morgan fingerprint density at radius 1 is 1.46 bits per heavy atom. The van der Waals surface area contributed by atoms with Gasteiger partial charge in [0.1, 0.15) is 12.7 Å². The smallest absolute Gasteiger partial charge is 0.137 e. The first kappa shape index (κ1) is 8.69. The maximum Gasteiger partial charge on any atom is 0.137 e. The number of rotatable bonds is 2. The molecule has 1 aliphatic carbocycles. The average molecular weight is 180 g/mol. The molecule has 0 radical (unpaired) electrons. The van der Waals surface area contributed by atoms with Gasteiger partial charge in [-0.3, -0.25) is 0 Å². The first-order valence-corrected chi connectivity index (χ1v) is 4.91. The molecule has 0 saturated heterocycles. The van der Waals surface area contributed by atoms with Crippen LogP contribution in [0.3, 0.4) is 0 Å². The van der Waals surface area contributed by atoms with Gasteiger partial charge in [0, 0.05) is 6.04 Å². The molecule has 1 aromatic rings. The molecule has 1 heterocycles. The Balaban J connectivity index is 2.00. The number of nitrogens with one attached hydrogen (secondary N) is 1. The maximum absolute atomic E-state index is 4.19. The van der Waals surface area contributed by atoms with Crippen molar-refractivity contribution < 1.29 is 0 Å². The number of aromatic nitrogens is 3. The molecule has 0 spiro atoms. The molecular weight excluding hydrogens is 164 g/mol. The quantitative estimate of drug-likeness (QED) is 0.737. The average Bonchev–Trinajstić information content (AvgIpc) is 2.71. The Bertz CT molecular complexity index is 244. The molecule has 0 aliphatic heterocycles. The van der Waals surface area contributed by atoms with Crippen LogP contribution in [0.2, 0.25) is 0 Å². The normalized spacial score (nSPS) is 29.0. The number of nitrogens with zero attached hydrogens (tertiary/aromatic N) is 3. The highest BCUT2D eigenvalue weighted by atomic mass is 15.3. The van der Waals surface area contributed by atoms with Crippen molar-refractivity contribution >= 4 is 0 Å². The SMILES string of the molecule is CNC1CCCC(n2cncn2)C1. The van der Waals surface area contributed by atoms with E-state index in [0.717, 1.165) is 0 Å². The van der Waals surface area contributed by atoms with Crippen LogP contribution in [-0.4, -0.2) is 27.9 Å². The van der Waals surface area contributed by atoms with Crippen LogP contribution in [0.1, 0.15) is 31.7 Å². The Morgan fingerprint density at radius 3 is 3.08 bits per heavy atom. The van der Waals surface area contributed by atoms with E-state index in [1.54, 1.807) is 6.33 Å². The molecule has 4 heteroatoms. The topological polar surface area (TPSA) is 42.7 Å². The van der Waals surface area contributed by atoms with Gasteiger partial charge in [0.2, 0.25) is 0 Å². The van der Waals surface area contributed by atoms with E-state index in [-0.39, 0.29) is 0 Å². The van der Waals surface area contributed by atoms with Gasteiger partial charge < -0.3 is 5.32 Å². The van der Waals surface area contributed by atoms with Gasteiger partial charge in [-0.25, -0.2) is 9.67 Å². The van der Waals surface area contributed by atoms with Crippen LogP contribution in [0.4, 0.5) is 0 Å². The first-order chi connectivity index (χ1) is 6.40. The maximum atomic E-state index is 4.19. The Morgan fingerprint density at radius 2 is 2.38 bits per heavy atom. The Labute approximate surface area is 78.4 Å². The zero-order valence-corrected chi connectivity index (χ0v) is 7.98. The van der Waals surface area contributed by atoms with Crippen molar-refractivity contribution in [1.82, 2.24) is 20.1 Å². The van der Waals surface area contributed by atoms with Gasteiger partial charge >= 0.3 is 0 Å². The lowest BCUT2D eigenvalue weighted by Gasteiger charge is -2.28. The molecule has 1 aromatic heterocycles. The summed E-state index contributed by atoms with van der Waals surface area (Å²) in [5.41, 5.74) is 0. The van der Waals surface area contributed by atoms with Crippen molar-refractivity contribution in [3.63, 3.8) is 0 Å². The molecule has 0 bridgehead atoms. The zero-order valence-electron chi connectivity index (χ0n) is 7.98. The van der Waals surface area contributed by atoms with E-state index in [1.165, 1.54) is 25.7 Å². The van der Waals surface area contributed by atoms with E-state index in [0.29, 0.717) is 12.1 Å². The lowest BCUT2D eigenvalue weighted by atomic mass is 9.91. The minimum Gasteiger partial charge on any atom is -0.317 e. The standard InChI is InChI=1S/C9H16N4/c1-10-8-3-2-4-9(5-8)13-7-11-6-12-13/h6-10H,2-5H2,1H3. The fourth-order valence-electron chi connectivity index (χ4n) is 2.07. The van der Waals surface area contributed by atoms with Crippen LogP contribution in [0.5, 0.6) is 0 Å². The second-order valence-electron chi connectivity index (χ2n) is 3.68. The van der Waals surface area contributed by atoms with Gasteiger partial charge in [0.25, 0.3) is 0 Å². The molecule has 2 unspecified atom stereocenters. The summed E-state index contributed by atoms with van der Waals surface area (Å²) >= 11 is 0. The third-order valence-corrected chi connectivity index (χ3v) is 2.87. The van der Waals surface area contributed by atoms with E-state index in [1.807, 2.05) is 18.1 Å². The Kier molecular flexibility index (Phi) is 2.59. The molecule has 0 amide bonds. The van der Waals surface area contributed by atoms with Crippen LogP contribution < -0.4 is 5.32 Å². The largest absolute Gasteiger partial charge is 0.317 e. The lowest BCUT2D eigenvalue weighted by Crippen LogP contribution is -2.32. The van der Waals surface area contributed by atoms with Gasteiger partial charge in [-0.05, 0) is 32.7 Å². The fourth-order valence-corrected chi connectivity index (χ4v) is 2.07. The van der Waals surface area contributed by atoms with Crippen LogP contribution in [0.25, 0.3) is 0 Å². The summed E-state index contributed by atoms with van der Waals surface area (Å²) < 4.78 is 1.99. The molecule has 2 rings (SSSR count). The summed E-state index contributed by atoms with van der Waals surface area (Å²) in [4.78, 5) is 3.98. The predicted octanol–water partition coefficient (Wildman–Crippen LogP) is 0.981. The Hall–Kier alpha value is -0.900. The summed E-state index contributed by atoms with van der Waals surface area (Å²) in [6.07, 6.45) is 8.44. The van der Waals surface area contributed by atoms with Crippen molar-refractivity contribution in [2.24, 2.45) is 0 Å². The third-order valence-electron chi connectivity index (χ3n) is 2.87. The molecule has 1 fully saturated rings. The van der Waals surface area contributed by atoms with Crippen molar-refractivity contribution in [3.8, 4) is 0 Å². The first-order valence-electron chi connectivity index (χ1n) is 4.91. The van der Waals surface area contributed by atoms with Crippen LogP contribution in [0.15, 0.2) is 12.7 Å². The lowest BCUT2D eigenvalue weighted by molar-refractivity contribution is 0.278. The van der Waals surface area contributed by atoms with Crippen molar-refractivity contribution in [2.45, 2.75) is 37.8 Å². The summed E-state index contributed by atoms with van der Waals surface area (Å²) in [7, 11) is 2.04. The summed E-state index contributed by atoms with van der Waals surface area (Å²) in [5.74, 6) is 0. The second-order valence-corrected chi connectivity index (χ2v) is 3.68. The van der Waals surface area contributed by atoms with Gasteiger partial charge in [0.05, 0.1) is 6.04 Å². The molecular formula is C9H16N4. The van der Waals surface area contributed by atoms with Crippen LogP contribution in [-0.2, 0) is 0 Å². The fraction of sp³-hybridized carbons (Fsp3) is 0.778. The predicted molar refractivity (Wildman–Crippen MR) is 50.4 cm³/mol. The summed E-state index contributed by atoms with van der Waals surface area (Å²) in [5, 5.41) is 7.52. The molecule has 0 aromatic carbocycles. The minimum atomic E-state index is 0.550. The summed E-state index contributed by atoms with van der Waals surface area (Å²) in [6, 6.07) is 1.21. The number of hydrogen-bond acceptors (Lipinski definition) is 3. The van der Waals surface area contributed by atoms with Gasteiger partial charge in [-0.2, -0.15) is 5.10 Å². The van der Waals surface area contributed by atoms with Gasteiger partial charge in [0.15, 0.2) is 0 Å².